The van der Waals surface area contributed by atoms with Gasteiger partial charge in [-0.1, -0.05) is 154 Å². The molecule has 5 heterocycles. The van der Waals surface area contributed by atoms with Crippen molar-refractivity contribution in [3.63, 3.8) is 0 Å². The van der Waals surface area contributed by atoms with Gasteiger partial charge in [-0.15, -0.1) is 0 Å². The molecule has 0 radical (unpaired) electrons. The van der Waals surface area contributed by atoms with Gasteiger partial charge in [0.05, 0.1) is 27.8 Å². The third kappa shape index (κ3) is 3.56. The molecule has 3 nitrogen and oxygen atoms in total. The summed E-state index contributed by atoms with van der Waals surface area (Å²) in [6.45, 7) is 7.03. The molecule has 3 aromatic heterocycles. The highest BCUT2D eigenvalue weighted by atomic mass is 15.0. The molecule has 0 fully saturated rings. The number of hydrogen-bond acceptors (Lipinski definition) is 0. The Morgan fingerprint density at radius 1 is 0.433 bits per heavy atom. The van der Waals surface area contributed by atoms with Gasteiger partial charge in [-0.2, -0.15) is 0 Å². The number of nitrogens with zero attached hydrogens (tertiary/aromatic N) is 3. The van der Waals surface area contributed by atoms with Crippen molar-refractivity contribution < 1.29 is 0 Å². The van der Waals surface area contributed by atoms with Crippen LogP contribution < -0.4 is 10.9 Å². The van der Waals surface area contributed by atoms with E-state index < -0.39 is 0 Å². The summed E-state index contributed by atoms with van der Waals surface area (Å²) < 4.78 is 7.86. The zero-order valence-electron chi connectivity index (χ0n) is 33.5. The lowest BCUT2D eigenvalue weighted by atomic mass is 9.45. The summed E-state index contributed by atoms with van der Waals surface area (Å²) in [5, 5.41) is 15.7. The highest BCUT2D eigenvalue weighted by molar-refractivity contribution is 6.90. The summed E-state index contributed by atoms with van der Waals surface area (Å²) in [7, 11) is 0. The van der Waals surface area contributed by atoms with Gasteiger partial charge >= 0.3 is 6.85 Å². The fourth-order valence-corrected chi connectivity index (χ4v) is 12.2. The Morgan fingerprint density at radius 3 is 1.72 bits per heavy atom. The highest BCUT2D eigenvalue weighted by Crippen LogP contribution is 2.50. The van der Waals surface area contributed by atoms with Crippen molar-refractivity contribution in [3.05, 3.63) is 169 Å². The second-order valence-electron chi connectivity index (χ2n) is 18.4. The van der Waals surface area contributed by atoms with E-state index in [-0.39, 0.29) is 12.3 Å². The van der Waals surface area contributed by atoms with Gasteiger partial charge in [0.2, 0.25) is 0 Å². The number of benzene rings is 10. The predicted octanol–water partition coefficient (Wildman–Crippen LogP) is 13.1. The van der Waals surface area contributed by atoms with Gasteiger partial charge in [0.25, 0.3) is 0 Å². The molecular weight excluding hydrogens is 725 g/mol. The molecule has 0 saturated carbocycles. The fraction of sp³-hybridized carbons (Fsp3) is 0.0714. The Labute approximate surface area is 345 Å². The van der Waals surface area contributed by atoms with Crippen molar-refractivity contribution in [2.24, 2.45) is 0 Å². The molecule has 2 aliphatic rings. The minimum absolute atomic E-state index is 0.0219. The van der Waals surface area contributed by atoms with Crippen molar-refractivity contribution in [2.45, 2.75) is 26.2 Å². The van der Waals surface area contributed by atoms with E-state index >= 15 is 0 Å². The van der Waals surface area contributed by atoms with E-state index in [1.165, 1.54) is 137 Å². The molecule has 4 heteroatoms. The third-order valence-corrected chi connectivity index (χ3v) is 14.4. The number of hydrogen-bond donors (Lipinski definition) is 0. The van der Waals surface area contributed by atoms with Crippen LogP contribution in [-0.4, -0.2) is 20.5 Å². The molecule has 60 heavy (non-hydrogen) atoms. The number of aromatic nitrogens is 3. The van der Waals surface area contributed by atoms with Crippen LogP contribution in [-0.2, 0) is 5.41 Å². The minimum atomic E-state index is -0.0265. The van der Waals surface area contributed by atoms with Gasteiger partial charge in [-0.05, 0) is 79.3 Å². The standard InChI is InChI=1S/C56H36BN3/c1-56(2,3)43-20-11-17-38-34-13-4-7-22-45(34)58(53(38)43)33-29-31-25-27-40-49-42(28-26-32(30-33)48(31)49)55-51-50(40)41-19-10-16-37-36-15-6-9-24-47(36)60(52(37)41)57(51)44-21-12-18-39-35-14-5-8-23-46(35)59(55)54(39)44/h4-30H,1-3H3. The van der Waals surface area contributed by atoms with Crippen LogP contribution in [0.5, 0.6) is 0 Å². The van der Waals surface area contributed by atoms with Gasteiger partial charge in [0.15, 0.2) is 0 Å². The molecule has 0 spiro atoms. The second kappa shape index (κ2) is 10.5. The first-order chi connectivity index (χ1) is 29.5. The highest BCUT2D eigenvalue weighted by Gasteiger charge is 2.43. The summed E-state index contributed by atoms with van der Waals surface area (Å²) >= 11 is 0. The Kier molecular flexibility index (Phi) is 5.52. The van der Waals surface area contributed by atoms with Crippen LogP contribution >= 0.6 is 0 Å². The van der Waals surface area contributed by atoms with Crippen molar-refractivity contribution in [1.82, 2.24) is 13.6 Å². The summed E-state index contributed by atoms with van der Waals surface area (Å²) in [5.74, 6) is 0. The maximum atomic E-state index is 2.68. The predicted molar refractivity (Wildman–Crippen MR) is 256 cm³/mol. The number of fused-ring (bicyclic) bond motifs is 15. The van der Waals surface area contributed by atoms with E-state index in [4.69, 9.17) is 0 Å². The largest absolute Gasteiger partial charge is 0.375 e. The first-order valence-corrected chi connectivity index (χ1v) is 21.3. The van der Waals surface area contributed by atoms with Crippen LogP contribution in [0.2, 0.25) is 0 Å². The van der Waals surface area contributed by atoms with Crippen LogP contribution in [0.25, 0.3) is 120 Å². The van der Waals surface area contributed by atoms with Crippen LogP contribution in [0, 0.1) is 0 Å². The van der Waals surface area contributed by atoms with Gasteiger partial charge < -0.3 is 13.6 Å². The van der Waals surface area contributed by atoms with E-state index in [0.29, 0.717) is 0 Å². The van der Waals surface area contributed by atoms with Crippen molar-refractivity contribution in [2.75, 3.05) is 0 Å². The van der Waals surface area contributed by atoms with Gasteiger partial charge in [0.1, 0.15) is 0 Å². The van der Waals surface area contributed by atoms with E-state index in [1.807, 2.05) is 0 Å². The summed E-state index contributed by atoms with van der Waals surface area (Å²) in [4.78, 5) is 0. The lowest BCUT2D eigenvalue weighted by Crippen LogP contribution is -2.55. The minimum Gasteiger partial charge on any atom is -0.375 e. The molecule has 0 saturated heterocycles. The average Bonchev–Trinajstić information content (AvgIpc) is 3.92. The summed E-state index contributed by atoms with van der Waals surface area (Å²) in [6, 6.07) is 62.5. The Hall–Kier alpha value is -7.30. The first kappa shape index (κ1) is 31.7. The molecule has 0 unspecified atom stereocenters. The fourth-order valence-electron chi connectivity index (χ4n) is 12.2. The maximum Gasteiger partial charge on any atom is 0.333 e. The zero-order valence-corrected chi connectivity index (χ0v) is 33.5. The second-order valence-corrected chi connectivity index (χ2v) is 18.4. The normalized spacial score (nSPS) is 13.6. The van der Waals surface area contributed by atoms with Crippen LogP contribution in [0.15, 0.2) is 164 Å². The molecule has 0 N–H and O–H groups in total. The lowest BCUT2D eigenvalue weighted by Gasteiger charge is -2.36. The van der Waals surface area contributed by atoms with Crippen molar-refractivity contribution in [3.8, 4) is 22.5 Å². The monoisotopic (exact) mass is 761 g/mol. The molecule has 13 aromatic rings. The third-order valence-electron chi connectivity index (χ3n) is 14.4. The average molecular weight is 762 g/mol. The first-order valence-electron chi connectivity index (χ1n) is 21.3. The van der Waals surface area contributed by atoms with E-state index in [0.717, 1.165) is 0 Å². The molecule has 0 atom stereocenters. The van der Waals surface area contributed by atoms with Crippen LogP contribution in [0.4, 0.5) is 0 Å². The maximum absolute atomic E-state index is 2.68. The molecule has 278 valence electrons. The Balaban J connectivity index is 1.14. The molecule has 2 aliphatic heterocycles. The quantitative estimate of drug-likeness (QED) is 0.117. The zero-order chi connectivity index (χ0) is 39.3. The Bertz CT molecular complexity index is 4090. The smallest absolute Gasteiger partial charge is 0.333 e. The molecule has 0 bridgehead atoms. The Morgan fingerprint density at radius 2 is 1.00 bits per heavy atom. The van der Waals surface area contributed by atoms with Gasteiger partial charge in [-0.3, -0.25) is 0 Å². The lowest BCUT2D eigenvalue weighted by molar-refractivity contribution is 0.594. The molecule has 0 amide bonds. The van der Waals surface area contributed by atoms with Gasteiger partial charge in [-0.25, -0.2) is 0 Å². The summed E-state index contributed by atoms with van der Waals surface area (Å²) in [6.07, 6.45) is 0. The van der Waals surface area contributed by atoms with Crippen molar-refractivity contribution in [1.29, 1.82) is 0 Å². The molecular formula is C56H36BN3. The van der Waals surface area contributed by atoms with Crippen molar-refractivity contribution >= 4 is 116 Å². The van der Waals surface area contributed by atoms with E-state index in [1.54, 1.807) is 0 Å². The molecule has 15 rings (SSSR count). The summed E-state index contributed by atoms with van der Waals surface area (Å²) in [5.41, 5.74) is 17.1. The van der Waals surface area contributed by atoms with Gasteiger partial charge in [0, 0.05) is 65.4 Å². The van der Waals surface area contributed by atoms with E-state index in [9.17, 15) is 0 Å². The number of rotatable bonds is 1. The molecule has 0 aliphatic carbocycles. The SMILES string of the molecule is CC(C)(C)c1cccc2c3ccccc3n(-c3cc4ccc5c6c7c(c8ccc(c3)c4c58)-n3c4ccccc4c4cccc(c43)B7n3c4ccccc4c4cccc-6c43)c12. The topological polar surface area (TPSA) is 14.8 Å². The van der Waals surface area contributed by atoms with Crippen LogP contribution in [0.1, 0.15) is 26.3 Å². The molecule has 10 aromatic carbocycles. The number of para-hydroxylation sites is 6. The van der Waals surface area contributed by atoms with E-state index in [2.05, 4.69) is 198 Å². The van der Waals surface area contributed by atoms with Crippen LogP contribution in [0.3, 0.4) is 0 Å².